The Hall–Kier alpha value is -0.630. The molecule has 72 valence electrons. The molecule has 2 bridgehead atoms. The molecule has 0 radical (unpaired) electrons. The van der Waals surface area contributed by atoms with Gasteiger partial charge in [-0.15, -0.1) is 0 Å². The molecule has 0 spiro atoms. The smallest absolute Gasteiger partial charge is 0.218 e. The number of hydrogen-bond donors (Lipinski definition) is 0. The minimum absolute atomic E-state index is 0.453. The van der Waals surface area contributed by atoms with Crippen LogP contribution in [0.5, 0.6) is 0 Å². The molecule has 2 aliphatic rings. The van der Waals surface area contributed by atoms with Crippen LogP contribution >= 0.6 is 0 Å². The molecule has 3 unspecified atom stereocenters. The molecule has 3 atom stereocenters. The van der Waals surface area contributed by atoms with Crippen LogP contribution in [0.3, 0.4) is 0 Å². The summed E-state index contributed by atoms with van der Waals surface area (Å²) in [5.41, 5.74) is 1.31. The Balaban J connectivity index is 1.83. The fourth-order valence-corrected chi connectivity index (χ4v) is 2.35. The van der Waals surface area contributed by atoms with E-state index in [1.54, 1.807) is 0 Å². The first-order valence-corrected chi connectivity index (χ1v) is 4.88. The van der Waals surface area contributed by atoms with Gasteiger partial charge in [0.05, 0.1) is 6.61 Å². The van der Waals surface area contributed by atoms with Gasteiger partial charge in [0, 0.05) is 0 Å². The summed E-state index contributed by atoms with van der Waals surface area (Å²) in [4.78, 5) is 0. The summed E-state index contributed by atoms with van der Waals surface area (Å²) in [5.74, 6) is 1.44. The normalized spacial score (nSPS) is 33.2. The molecule has 2 rings (SSSR count). The average Bonchev–Trinajstić information content (AvgIpc) is 2.74. The van der Waals surface area contributed by atoms with Crippen molar-refractivity contribution in [2.75, 3.05) is 6.61 Å². The lowest BCUT2D eigenvalue weighted by Gasteiger charge is -2.13. The zero-order valence-corrected chi connectivity index (χ0v) is 7.71. The topological polar surface area (TPSA) is 9.23 Å². The molecule has 0 amide bonds. The third kappa shape index (κ3) is 1.83. The molecule has 0 aliphatic heterocycles. The van der Waals surface area contributed by atoms with E-state index in [2.05, 4.69) is 12.7 Å². The van der Waals surface area contributed by atoms with Gasteiger partial charge >= 0.3 is 0 Å². The zero-order valence-electron chi connectivity index (χ0n) is 7.71. The van der Waals surface area contributed by atoms with E-state index >= 15 is 0 Å². The lowest BCUT2D eigenvalue weighted by atomic mass is 9.99. The van der Waals surface area contributed by atoms with E-state index in [0.29, 0.717) is 12.5 Å². The third-order valence-electron chi connectivity index (χ3n) is 3.04. The molecule has 0 saturated heterocycles. The largest absolute Gasteiger partial charge is 0.341 e. The van der Waals surface area contributed by atoms with Gasteiger partial charge in [-0.2, -0.15) is 0 Å². The quantitative estimate of drug-likeness (QED) is 0.607. The number of ether oxygens (including phenoxy) is 1. The van der Waals surface area contributed by atoms with Gasteiger partial charge in [0.15, 0.2) is 0 Å². The summed E-state index contributed by atoms with van der Waals surface area (Å²) in [7, 11) is 0. The highest BCUT2D eigenvalue weighted by Gasteiger charge is 2.32. The first kappa shape index (κ1) is 8.95. The minimum atomic E-state index is -1.31. The Morgan fingerprint density at radius 3 is 3.08 bits per heavy atom. The van der Waals surface area contributed by atoms with Crippen LogP contribution in [0.1, 0.15) is 19.3 Å². The van der Waals surface area contributed by atoms with Crippen LogP contribution in [0.4, 0.5) is 4.39 Å². The van der Waals surface area contributed by atoms with Crippen LogP contribution in [-0.4, -0.2) is 13.0 Å². The highest BCUT2D eigenvalue weighted by Crippen LogP contribution is 2.43. The maximum atomic E-state index is 12.7. The summed E-state index contributed by atoms with van der Waals surface area (Å²) in [5, 5.41) is 0. The summed E-state index contributed by atoms with van der Waals surface area (Å²) in [6, 6.07) is 0. The summed E-state index contributed by atoms with van der Waals surface area (Å²) in [6.45, 7) is 3.79. The Labute approximate surface area is 78.3 Å². The van der Waals surface area contributed by atoms with Crippen molar-refractivity contribution >= 4 is 0 Å². The second-order valence-corrected chi connectivity index (χ2v) is 3.91. The molecule has 2 aliphatic carbocycles. The second kappa shape index (κ2) is 3.62. The fourth-order valence-electron chi connectivity index (χ4n) is 2.35. The fraction of sp³-hybridized carbons (Fsp3) is 0.636. The molecule has 0 N–H and O–H groups in total. The summed E-state index contributed by atoms with van der Waals surface area (Å²) >= 11 is 0. The highest BCUT2D eigenvalue weighted by atomic mass is 19.1. The van der Waals surface area contributed by atoms with Crippen LogP contribution < -0.4 is 0 Å². The Morgan fingerprint density at radius 1 is 1.69 bits per heavy atom. The number of alkyl halides is 1. The lowest BCUT2D eigenvalue weighted by molar-refractivity contribution is 0.00737. The molecule has 0 aromatic rings. The van der Waals surface area contributed by atoms with Crippen molar-refractivity contribution in [2.45, 2.75) is 25.6 Å². The van der Waals surface area contributed by atoms with E-state index in [4.69, 9.17) is 4.74 Å². The first-order valence-electron chi connectivity index (χ1n) is 4.88. The van der Waals surface area contributed by atoms with Gasteiger partial charge in [0.1, 0.15) is 0 Å². The number of halogens is 1. The monoisotopic (exact) mass is 182 g/mol. The van der Waals surface area contributed by atoms with Crippen molar-refractivity contribution in [1.29, 1.82) is 0 Å². The van der Waals surface area contributed by atoms with E-state index in [0.717, 1.165) is 5.92 Å². The molecule has 0 aromatic carbocycles. The van der Waals surface area contributed by atoms with Crippen molar-refractivity contribution in [1.82, 2.24) is 0 Å². The zero-order chi connectivity index (χ0) is 9.26. The van der Waals surface area contributed by atoms with Crippen LogP contribution in [0.15, 0.2) is 24.3 Å². The SMILES string of the molecule is C=CC(F)OCC1=CC2CCC1C2. The van der Waals surface area contributed by atoms with Crippen LogP contribution in [0.2, 0.25) is 0 Å². The van der Waals surface area contributed by atoms with E-state index < -0.39 is 6.36 Å². The minimum Gasteiger partial charge on any atom is -0.341 e. The highest BCUT2D eigenvalue weighted by molar-refractivity contribution is 5.19. The van der Waals surface area contributed by atoms with Crippen LogP contribution in [-0.2, 0) is 4.74 Å². The van der Waals surface area contributed by atoms with Gasteiger partial charge in [0.2, 0.25) is 6.36 Å². The third-order valence-corrected chi connectivity index (χ3v) is 3.04. The molecular formula is C11H15FO. The summed E-state index contributed by atoms with van der Waals surface area (Å²) < 4.78 is 17.6. The van der Waals surface area contributed by atoms with Gasteiger partial charge in [-0.25, -0.2) is 4.39 Å². The van der Waals surface area contributed by atoms with Gasteiger partial charge in [-0.1, -0.05) is 12.7 Å². The molecular weight excluding hydrogens is 167 g/mol. The molecule has 0 aromatic heterocycles. The Kier molecular flexibility index (Phi) is 2.49. The second-order valence-electron chi connectivity index (χ2n) is 3.91. The predicted octanol–water partition coefficient (Wildman–Crippen LogP) is 2.84. The van der Waals surface area contributed by atoms with Gasteiger partial charge < -0.3 is 4.74 Å². The maximum Gasteiger partial charge on any atom is 0.218 e. The van der Waals surface area contributed by atoms with E-state index in [1.807, 2.05) is 0 Å². The van der Waals surface area contributed by atoms with E-state index in [-0.39, 0.29) is 0 Å². The molecule has 1 saturated carbocycles. The average molecular weight is 182 g/mol. The van der Waals surface area contributed by atoms with Crippen molar-refractivity contribution in [2.24, 2.45) is 11.8 Å². The van der Waals surface area contributed by atoms with Gasteiger partial charge in [-0.3, -0.25) is 0 Å². The van der Waals surface area contributed by atoms with Crippen molar-refractivity contribution in [3.05, 3.63) is 24.3 Å². The van der Waals surface area contributed by atoms with Crippen LogP contribution in [0.25, 0.3) is 0 Å². The molecule has 0 heterocycles. The Morgan fingerprint density at radius 2 is 2.54 bits per heavy atom. The first-order chi connectivity index (χ1) is 6.29. The van der Waals surface area contributed by atoms with Crippen molar-refractivity contribution < 1.29 is 9.13 Å². The molecule has 13 heavy (non-hydrogen) atoms. The number of fused-ring (bicyclic) bond motifs is 2. The van der Waals surface area contributed by atoms with Crippen LogP contribution in [0, 0.1) is 11.8 Å². The summed E-state index contributed by atoms with van der Waals surface area (Å²) in [6.07, 6.45) is 6.00. The van der Waals surface area contributed by atoms with E-state index in [1.165, 1.54) is 30.9 Å². The van der Waals surface area contributed by atoms with Gasteiger partial charge in [-0.05, 0) is 42.7 Å². The van der Waals surface area contributed by atoms with Crippen molar-refractivity contribution in [3.63, 3.8) is 0 Å². The number of rotatable bonds is 4. The Bertz CT molecular complexity index is 234. The molecule has 1 fully saturated rings. The maximum absolute atomic E-state index is 12.7. The molecule has 2 heteroatoms. The van der Waals surface area contributed by atoms with Crippen molar-refractivity contribution in [3.8, 4) is 0 Å². The lowest BCUT2D eigenvalue weighted by Crippen LogP contribution is -2.10. The van der Waals surface area contributed by atoms with E-state index in [9.17, 15) is 4.39 Å². The van der Waals surface area contributed by atoms with Gasteiger partial charge in [0.25, 0.3) is 0 Å². The number of allylic oxidation sites excluding steroid dienone is 1. The predicted molar refractivity (Wildman–Crippen MR) is 50.0 cm³/mol. The molecule has 1 nitrogen and oxygen atoms in total. The number of hydrogen-bond acceptors (Lipinski definition) is 1. The standard InChI is InChI=1S/C11H15FO/c1-2-11(12)13-7-10-6-8-3-4-9(10)5-8/h2,6,8-9,11H,1,3-5,7H2.